The summed E-state index contributed by atoms with van der Waals surface area (Å²) in [6.45, 7) is 18.3. The Balaban J connectivity index is 3.75. The van der Waals surface area contributed by atoms with Crippen LogP contribution < -0.4 is 0 Å². The van der Waals surface area contributed by atoms with Crippen LogP contribution in [0.15, 0.2) is 22.9 Å². The zero-order chi connectivity index (χ0) is 26.9. The molecule has 0 unspecified atom stereocenters. The van der Waals surface area contributed by atoms with Crippen molar-refractivity contribution in [2.75, 3.05) is 13.1 Å². The molecular formula is C29H46N2O4. The van der Waals surface area contributed by atoms with Crippen LogP contribution in [-0.2, 0) is 14.4 Å². The number of likely N-dealkylation sites (N-methyl/N-ethyl adjacent to an activating group) is 1. The van der Waals surface area contributed by atoms with Crippen molar-refractivity contribution in [2.45, 2.75) is 100 Å². The number of carbonyl (C=O) groups is 3. The van der Waals surface area contributed by atoms with E-state index in [9.17, 15) is 19.5 Å². The van der Waals surface area contributed by atoms with Gasteiger partial charge in [0.15, 0.2) is 0 Å². The average molecular weight is 487 g/mol. The highest BCUT2D eigenvalue weighted by atomic mass is 16.4. The zero-order valence-corrected chi connectivity index (χ0v) is 23.3. The molecule has 0 radical (unpaired) electrons. The van der Waals surface area contributed by atoms with E-state index in [1.54, 1.807) is 11.0 Å². The maximum atomic E-state index is 14.0. The van der Waals surface area contributed by atoms with Crippen molar-refractivity contribution in [3.8, 4) is 11.8 Å². The zero-order valence-electron chi connectivity index (χ0n) is 23.3. The van der Waals surface area contributed by atoms with E-state index in [2.05, 4.69) is 18.8 Å². The van der Waals surface area contributed by atoms with E-state index >= 15 is 0 Å². The van der Waals surface area contributed by atoms with Crippen LogP contribution >= 0.6 is 0 Å². The van der Waals surface area contributed by atoms with Gasteiger partial charge in [-0.1, -0.05) is 25.7 Å². The monoisotopic (exact) mass is 486 g/mol. The lowest BCUT2D eigenvalue weighted by Gasteiger charge is -2.38. The fraction of sp³-hybridized carbons (Fsp3) is 0.690. The third-order valence-corrected chi connectivity index (χ3v) is 6.61. The van der Waals surface area contributed by atoms with Gasteiger partial charge in [-0.2, -0.15) is 0 Å². The molecule has 0 aromatic heterocycles. The van der Waals surface area contributed by atoms with Gasteiger partial charge in [-0.25, -0.2) is 4.79 Å². The normalized spacial score (nSPS) is 20.2. The number of carbonyl (C=O) groups excluding carboxylic acids is 2. The molecule has 0 aromatic carbocycles. The van der Waals surface area contributed by atoms with Gasteiger partial charge in [-0.15, -0.1) is 0 Å². The minimum atomic E-state index is -1.12. The molecule has 0 aromatic rings. The fourth-order valence-electron chi connectivity index (χ4n) is 4.35. The van der Waals surface area contributed by atoms with E-state index < -0.39 is 12.0 Å². The number of nitrogens with zero attached hydrogens (tertiary/aromatic N) is 2. The van der Waals surface area contributed by atoms with Gasteiger partial charge in [0.25, 0.3) is 0 Å². The maximum absolute atomic E-state index is 14.0. The van der Waals surface area contributed by atoms with Crippen molar-refractivity contribution < 1.29 is 19.5 Å². The fourth-order valence-corrected chi connectivity index (χ4v) is 4.35. The number of allylic oxidation sites excluding steroid dienone is 2. The van der Waals surface area contributed by atoms with E-state index in [-0.39, 0.29) is 34.4 Å². The number of hydrogen-bond donors (Lipinski definition) is 1. The molecule has 1 rings (SSSR count). The van der Waals surface area contributed by atoms with E-state index in [0.29, 0.717) is 31.0 Å². The van der Waals surface area contributed by atoms with E-state index in [0.717, 1.165) is 25.7 Å². The first-order chi connectivity index (χ1) is 16.3. The number of hydrogen-bond acceptors (Lipinski definition) is 3. The van der Waals surface area contributed by atoms with E-state index in [1.807, 2.05) is 48.5 Å². The first kappa shape index (κ1) is 30.5. The predicted molar refractivity (Wildman–Crippen MR) is 141 cm³/mol. The Morgan fingerprint density at radius 3 is 2.00 bits per heavy atom. The Hall–Kier alpha value is -2.55. The van der Waals surface area contributed by atoms with Gasteiger partial charge in [-0.3, -0.25) is 14.5 Å². The molecule has 1 N–H and O–H groups in total. The minimum Gasteiger partial charge on any atom is -0.478 e. The SMILES string of the molecule is CC[C@@H](C(=O)N(CC)CC)N(C(=O)C1CCC(C)CC1)C(/C=C(\C)C#CC(C)(C)C)=C(/C)C(=O)O. The molecule has 1 atom stereocenters. The summed E-state index contributed by atoms with van der Waals surface area (Å²) in [7, 11) is 0. The lowest BCUT2D eigenvalue weighted by Crippen LogP contribution is -2.52. The number of carboxylic acids is 1. The topological polar surface area (TPSA) is 77.9 Å². The lowest BCUT2D eigenvalue weighted by molar-refractivity contribution is -0.146. The second kappa shape index (κ2) is 13.5. The Labute approximate surface area is 212 Å². The smallest absolute Gasteiger partial charge is 0.333 e. The van der Waals surface area contributed by atoms with Gasteiger partial charge < -0.3 is 10.0 Å². The third kappa shape index (κ3) is 8.87. The van der Waals surface area contributed by atoms with Gasteiger partial charge in [0.2, 0.25) is 11.8 Å². The van der Waals surface area contributed by atoms with Crippen LogP contribution in [0.5, 0.6) is 0 Å². The van der Waals surface area contributed by atoms with Crippen molar-refractivity contribution in [1.82, 2.24) is 9.80 Å². The highest BCUT2D eigenvalue weighted by molar-refractivity contribution is 5.93. The number of aliphatic carboxylic acids is 1. The molecule has 196 valence electrons. The quantitative estimate of drug-likeness (QED) is 0.260. The van der Waals surface area contributed by atoms with Crippen LogP contribution in [0, 0.1) is 29.1 Å². The number of rotatable bonds is 9. The molecule has 1 saturated carbocycles. The molecule has 6 nitrogen and oxygen atoms in total. The summed E-state index contributed by atoms with van der Waals surface area (Å²) >= 11 is 0. The molecule has 0 aliphatic heterocycles. The summed E-state index contributed by atoms with van der Waals surface area (Å²) in [4.78, 5) is 43.0. The molecule has 1 aliphatic rings. The minimum absolute atomic E-state index is 0.0326. The van der Waals surface area contributed by atoms with E-state index in [1.165, 1.54) is 11.8 Å². The van der Waals surface area contributed by atoms with Gasteiger partial charge in [0, 0.05) is 30.0 Å². The summed E-state index contributed by atoms with van der Waals surface area (Å²) < 4.78 is 0. The van der Waals surface area contributed by atoms with Crippen LogP contribution in [0.2, 0.25) is 0 Å². The van der Waals surface area contributed by atoms with Crippen LogP contribution in [0.4, 0.5) is 0 Å². The Bertz CT molecular complexity index is 886. The highest BCUT2D eigenvalue weighted by Gasteiger charge is 2.38. The number of amides is 2. The summed E-state index contributed by atoms with van der Waals surface area (Å²) in [6, 6.07) is -0.773. The highest BCUT2D eigenvalue weighted by Crippen LogP contribution is 2.33. The molecule has 0 bridgehead atoms. The van der Waals surface area contributed by atoms with Gasteiger partial charge >= 0.3 is 5.97 Å². The Kier molecular flexibility index (Phi) is 11.8. The molecule has 0 saturated heterocycles. The Morgan fingerprint density at radius 2 is 1.57 bits per heavy atom. The molecule has 6 heteroatoms. The molecule has 2 amide bonds. The van der Waals surface area contributed by atoms with Crippen LogP contribution in [0.1, 0.15) is 94.4 Å². The Morgan fingerprint density at radius 1 is 1.03 bits per heavy atom. The first-order valence-electron chi connectivity index (χ1n) is 13.0. The molecule has 0 spiro atoms. The predicted octanol–water partition coefficient (Wildman–Crippen LogP) is 5.64. The lowest BCUT2D eigenvalue weighted by atomic mass is 9.82. The molecular weight excluding hydrogens is 440 g/mol. The van der Waals surface area contributed by atoms with Crippen molar-refractivity contribution in [3.63, 3.8) is 0 Å². The van der Waals surface area contributed by atoms with Crippen molar-refractivity contribution in [1.29, 1.82) is 0 Å². The third-order valence-electron chi connectivity index (χ3n) is 6.61. The van der Waals surface area contributed by atoms with Gasteiger partial charge in [0.1, 0.15) is 6.04 Å². The molecule has 1 aliphatic carbocycles. The summed E-state index contributed by atoms with van der Waals surface area (Å²) in [5.41, 5.74) is 0.718. The van der Waals surface area contributed by atoms with Crippen molar-refractivity contribution in [3.05, 3.63) is 22.9 Å². The summed E-state index contributed by atoms with van der Waals surface area (Å²) in [6.07, 6.45) is 5.46. The van der Waals surface area contributed by atoms with Crippen LogP contribution in [-0.4, -0.2) is 51.8 Å². The van der Waals surface area contributed by atoms with E-state index in [4.69, 9.17) is 0 Å². The summed E-state index contributed by atoms with van der Waals surface area (Å²) in [5.74, 6) is 5.18. The standard InChI is InChI=1S/C29H46N2O4/c1-10-24(27(33)30(11-2)12-3)31(26(32)23-15-13-20(4)14-16-23)25(22(6)28(34)35)19-21(5)17-18-29(7,8)9/h19-20,23-24H,10-16H2,1-9H3,(H,34,35)/b21-19+,25-22-/t20?,23?,24-/m0/s1. The van der Waals surface area contributed by atoms with Crippen molar-refractivity contribution >= 4 is 17.8 Å². The van der Waals surface area contributed by atoms with Gasteiger partial charge in [-0.05, 0) is 92.6 Å². The maximum Gasteiger partial charge on any atom is 0.333 e. The average Bonchev–Trinajstić information content (AvgIpc) is 2.79. The molecule has 0 heterocycles. The second-order valence-corrected chi connectivity index (χ2v) is 10.7. The molecule has 1 fully saturated rings. The first-order valence-corrected chi connectivity index (χ1v) is 13.0. The number of carboxylic acid groups (broad SMARTS) is 1. The van der Waals surface area contributed by atoms with Crippen molar-refractivity contribution in [2.24, 2.45) is 17.3 Å². The van der Waals surface area contributed by atoms with Crippen LogP contribution in [0.3, 0.4) is 0 Å². The summed E-state index contributed by atoms with van der Waals surface area (Å²) in [5, 5.41) is 9.94. The molecule has 35 heavy (non-hydrogen) atoms. The van der Waals surface area contributed by atoms with Crippen LogP contribution in [0.25, 0.3) is 0 Å². The largest absolute Gasteiger partial charge is 0.478 e. The van der Waals surface area contributed by atoms with Gasteiger partial charge in [0.05, 0.1) is 11.3 Å². The second-order valence-electron chi connectivity index (χ2n) is 10.7.